The van der Waals surface area contributed by atoms with Crippen LogP contribution in [-0.4, -0.2) is 26.2 Å². The van der Waals surface area contributed by atoms with Gasteiger partial charge in [0.2, 0.25) is 0 Å². The van der Waals surface area contributed by atoms with E-state index in [0.29, 0.717) is 6.04 Å². The molecule has 0 saturated heterocycles. The van der Waals surface area contributed by atoms with Crippen LogP contribution in [0.15, 0.2) is 18.3 Å². The van der Waals surface area contributed by atoms with E-state index in [1.807, 2.05) is 6.92 Å². The van der Waals surface area contributed by atoms with Crippen molar-refractivity contribution in [2.24, 2.45) is 0 Å². The predicted octanol–water partition coefficient (Wildman–Crippen LogP) is 2.22. The molecule has 0 aliphatic carbocycles. The molecule has 0 N–H and O–H groups in total. The quantitative estimate of drug-likeness (QED) is 0.817. The Hall–Kier alpha value is -1.20. The maximum absolute atomic E-state index is 4.21. The maximum atomic E-state index is 4.21. The van der Waals surface area contributed by atoms with Crippen molar-refractivity contribution in [1.82, 2.24) is 19.7 Å². The van der Waals surface area contributed by atoms with Crippen molar-refractivity contribution in [2.75, 3.05) is 6.54 Å². The summed E-state index contributed by atoms with van der Waals surface area (Å²) in [6.45, 7) is 7.34. The summed E-state index contributed by atoms with van der Waals surface area (Å²) in [5.74, 6) is 0. The third-order valence-corrected chi connectivity index (χ3v) is 4.20. The van der Waals surface area contributed by atoms with E-state index in [1.165, 1.54) is 5.69 Å². The molecule has 0 saturated carbocycles. The van der Waals surface area contributed by atoms with Gasteiger partial charge in [-0.25, -0.2) is 0 Å². The van der Waals surface area contributed by atoms with E-state index >= 15 is 0 Å². The zero-order valence-corrected chi connectivity index (χ0v) is 10.9. The van der Waals surface area contributed by atoms with E-state index in [1.54, 1.807) is 11.3 Å². The molecular weight excluding hydrogens is 232 g/mol. The van der Waals surface area contributed by atoms with E-state index in [4.69, 9.17) is 0 Å². The van der Waals surface area contributed by atoms with Crippen molar-refractivity contribution in [3.05, 3.63) is 34.0 Å². The van der Waals surface area contributed by atoms with Gasteiger partial charge < -0.3 is 4.57 Å². The van der Waals surface area contributed by atoms with Gasteiger partial charge in [-0.15, -0.1) is 21.5 Å². The number of rotatable bonds is 2. The number of hydrogen-bond acceptors (Lipinski definition) is 4. The highest BCUT2D eigenvalue weighted by atomic mass is 32.1. The molecule has 0 fully saturated rings. The zero-order chi connectivity index (χ0) is 11.8. The minimum Gasteiger partial charge on any atom is -0.349 e. The van der Waals surface area contributed by atoms with Gasteiger partial charge in [-0.3, -0.25) is 4.90 Å². The number of hydrogen-bond donors (Lipinski definition) is 0. The summed E-state index contributed by atoms with van der Waals surface area (Å²) >= 11 is 1.70. The molecule has 1 atom stereocenters. The van der Waals surface area contributed by atoms with Crippen LogP contribution >= 0.6 is 11.3 Å². The molecule has 0 bridgehead atoms. The summed E-state index contributed by atoms with van der Waals surface area (Å²) in [6, 6.07) is 4.80. The molecule has 0 amide bonds. The fourth-order valence-electron chi connectivity index (χ4n) is 2.42. The largest absolute Gasteiger partial charge is 0.349 e. The van der Waals surface area contributed by atoms with Crippen LogP contribution in [0.25, 0.3) is 0 Å². The molecule has 2 aromatic heterocycles. The third-order valence-electron chi connectivity index (χ3n) is 3.37. The average molecular weight is 248 g/mol. The average Bonchev–Trinajstić information content (AvgIpc) is 2.92. The summed E-state index contributed by atoms with van der Waals surface area (Å²) in [7, 11) is 0. The zero-order valence-electron chi connectivity index (χ0n) is 10.1. The first-order valence-electron chi connectivity index (χ1n) is 5.92. The van der Waals surface area contributed by atoms with Crippen LogP contribution in [0.3, 0.4) is 0 Å². The molecular formula is C12H16N4S. The summed E-state index contributed by atoms with van der Waals surface area (Å²) in [5.41, 5.74) is 1.40. The first kappa shape index (κ1) is 10.9. The molecule has 2 aromatic rings. The molecule has 3 rings (SSSR count). The Bertz CT molecular complexity index is 516. The lowest BCUT2D eigenvalue weighted by molar-refractivity contribution is 0.160. The second-order valence-electron chi connectivity index (χ2n) is 4.49. The summed E-state index contributed by atoms with van der Waals surface area (Å²) in [5, 5.41) is 10.5. The Morgan fingerprint density at radius 2 is 2.29 bits per heavy atom. The predicted molar refractivity (Wildman–Crippen MR) is 67.9 cm³/mol. The lowest BCUT2D eigenvalue weighted by atomic mass is 10.1. The number of nitrogens with zero attached hydrogens (tertiary/aromatic N) is 4. The van der Waals surface area contributed by atoms with Gasteiger partial charge in [-0.1, -0.05) is 0 Å². The third kappa shape index (κ3) is 2.00. The molecule has 90 valence electrons. The first-order chi connectivity index (χ1) is 8.24. The molecule has 1 aliphatic rings. The van der Waals surface area contributed by atoms with Crippen molar-refractivity contribution >= 4 is 11.3 Å². The van der Waals surface area contributed by atoms with Crippen molar-refractivity contribution in [1.29, 1.82) is 0 Å². The van der Waals surface area contributed by atoms with E-state index in [9.17, 15) is 0 Å². The van der Waals surface area contributed by atoms with Crippen LogP contribution in [0.5, 0.6) is 0 Å². The highest BCUT2D eigenvalue weighted by Gasteiger charge is 2.24. The van der Waals surface area contributed by atoms with Gasteiger partial charge in [0.25, 0.3) is 0 Å². The number of aryl methyl sites for hydroxylation is 1. The Balaban J connectivity index is 1.78. The maximum Gasteiger partial charge on any atom is 0.131 e. The van der Waals surface area contributed by atoms with Crippen LogP contribution in [0, 0.1) is 6.92 Å². The van der Waals surface area contributed by atoms with Gasteiger partial charge in [0.05, 0.1) is 6.54 Å². The van der Waals surface area contributed by atoms with Gasteiger partial charge >= 0.3 is 0 Å². The van der Waals surface area contributed by atoms with Gasteiger partial charge in [0.1, 0.15) is 10.0 Å². The van der Waals surface area contributed by atoms with E-state index in [2.05, 4.69) is 44.9 Å². The van der Waals surface area contributed by atoms with Crippen LogP contribution in [0.4, 0.5) is 0 Å². The second-order valence-corrected chi connectivity index (χ2v) is 5.75. The van der Waals surface area contributed by atoms with Crippen LogP contribution in [0.2, 0.25) is 0 Å². The fourth-order valence-corrected chi connectivity index (χ4v) is 3.15. The summed E-state index contributed by atoms with van der Waals surface area (Å²) < 4.78 is 2.34. The molecule has 0 aromatic carbocycles. The molecule has 0 radical (unpaired) electrons. The van der Waals surface area contributed by atoms with Crippen LogP contribution in [-0.2, 0) is 13.1 Å². The van der Waals surface area contributed by atoms with Crippen molar-refractivity contribution in [3.63, 3.8) is 0 Å². The lowest BCUT2D eigenvalue weighted by Gasteiger charge is -2.34. The Morgan fingerprint density at radius 1 is 1.41 bits per heavy atom. The lowest BCUT2D eigenvalue weighted by Crippen LogP contribution is -2.35. The van der Waals surface area contributed by atoms with Gasteiger partial charge in [-0.05, 0) is 26.0 Å². The summed E-state index contributed by atoms with van der Waals surface area (Å²) in [4.78, 5) is 2.47. The smallest absolute Gasteiger partial charge is 0.131 e. The van der Waals surface area contributed by atoms with E-state index < -0.39 is 0 Å². The number of fused-ring (bicyclic) bond motifs is 1. The van der Waals surface area contributed by atoms with Gasteiger partial charge in [-0.2, -0.15) is 0 Å². The van der Waals surface area contributed by atoms with Gasteiger partial charge in [0, 0.05) is 31.0 Å². The standard InChI is InChI=1S/C12H16N4S/c1-9-11-4-3-5-15(11)6-7-16(9)8-12-14-13-10(2)17-12/h3-5,9H,6-8H2,1-2H3/t9-/m0/s1. The topological polar surface area (TPSA) is 34.0 Å². The van der Waals surface area contributed by atoms with Crippen LogP contribution < -0.4 is 0 Å². The SMILES string of the molecule is Cc1nnc(CN2CCn3cccc3[C@@H]2C)s1. The van der Waals surface area contributed by atoms with Crippen LogP contribution in [0.1, 0.15) is 28.7 Å². The Labute approximate surface area is 105 Å². The molecule has 0 spiro atoms. The Morgan fingerprint density at radius 3 is 3.06 bits per heavy atom. The highest BCUT2D eigenvalue weighted by Crippen LogP contribution is 2.27. The van der Waals surface area contributed by atoms with Crippen molar-refractivity contribution in [3.8, 4) is 0 Å². The van der Waals surface area contributed by atoms with E-state index in [0.717, 1.165) is 29.6 Å². The van der Waals surface area contributed by atoms with Gasteiger partial charge in [0.15, 0.2) is 0 Å². The van der Waals surface area contributed by atoms with E-state index in [-0.39, 0.29) is 0 Å². The fraction of sp³-hybridized carbons (Fsp3) is 0.500. The normalized spacial score (nSPS) is 20.5. The molecule has 17 heavy (non-hydrogen) atoms. The molecule has 4 nitrogen and oxygen atoms in total. The number of aromatic nitrogens is 3. The first-order valence-corrected chi connectivity index (χ1v) is 6.74. The molecule has 1 aliphatic heterocycles. The molecule has 0 unspecified atom stereocenters. The monoisotopic (exact) mass is 248 g/mol. The summed E-state index contributed by atoms with van der Waals surface area (Å²) in [6.07, 6.45) is 2.16. The van der Waals surface area contributed by atoms with Crippen molar-refractivity contribution in [2.45, 2.75) is 33.0 Å². The van der Waals surface area contributed by atoms with Crippen molar-refractivity contribution < 1.29 is 0 Å². The highest BCUT2D eigenvalue weighted by molar-refractivity contribution is 7.11. The Kier molecular flexibility index (Phi) is 2.72. The molecule has 3 heterocycles. The molecule has 5 heteroatoms. The second kappa shape index (κ2) is 4.23. The minimum atomic E-state index is 0.461. The minimum absolute atomic E-state index is 0.461.